The van der Waals surface area contributed by atoms with Gasteiger partial charge in [0.05, 0.1) is 11.3 Å². The minimum Gasteiger partial charge on any atom is -0.389 e. The third kappa shape index (κ3) is 2.54. The van der Waals surface area contributed by atoms with E-state index in [0.29, 0.717) is 4.99 Å². The van der Waals surface area contributed by atoms with Gasteiger partial charge in [0.2, 0.25) is 0 Å². The number of benzene rings is 1. The molecule has 0 radical (unpaired) electrons. The molecule has 0 aliphatic rings. The highest BCUT2D eigenvalue weighted by atomic mass is 32.1. The van der Waals surface area contributed by atoms with Crippen LogP contribution < -0.4 is 10.6 Å². The summed E-state index contributed by atoms with van der Waals surface area (Å²) in [7, 11) is 1.92. The summed E-state index contributed by atoms with van der Waals surface area (Å²) in [6.07, 6.45) is 0. The summed E-state index contributed by atoms with van der Waals surface area (Å²) in [5.41, 5.74) is 9.93. The highest BCUT2D eigenvalue weighted by Gasteiger charge is 2.21. The van der Waals surface area contributed by atoms with Crippen molar-refractivity contribution in [2.75, 3.05) is 11.4 Å². The van der Waals surface area contributed by atoms with Gasteiger partial charge in [0.15, 0.2) is 0 Å². The Hall–Kier alpha value is -1.88. The van der Waals surface area contributed by atoms with Crippen LogP contribution in [0.2, 0.25) is 0 Å². The van der Waals surface area contributed by atoms with Crippen LogP contribution in [0, 0.1) is 13.8 Å². The molecule has 0 saturated carbocycles. The third-order valence-corrected chi connectivity index (χ3v) is 3.53. The monoisotopic (exact) mass is 288 g/mol. The molecule has 1 heterocycles. The lowest BCUT2D eigenvalue weighted by atomic mass is 10.1. The Morgan fingerprint density at radius 3 is 2.65 bits per heavy atom. The second-order valence-corrected chi connectivity index (χ2v) is 5.29. The molecule has 2 aromatic rings. The van der Waals surface area contributed by atoms with Crippen LogP contribution in [0.1, 0.15) is 23.7 Å². The first-order chi connectivity index (χ1) is 9.45. The first-order valence-electron chi connectivity index (χ1n) is 6.63. The van der Waals surface area contributed by atoms with Gasteiger partial charge in [0.1, 0.15) is 10.8 Å². The van der Waals surface area contributed by atoms with Crippen molar-refractivity contribution in [3.8, 4) is 0 Å². The Morgan fingerprint density at radius 2 is 2.10 bits per heavy atom. The van der Waals surface area contributed by atoms with E-state index in [0.717, 1.165) is 29.3 Å². The van der Waals surface area contributed by atoms with Gasteiger partial charge < -0.3 is 10.6 Å². The number of anilines is 2. The summed E-state index contributed by atoms with van der Waals surface area (Å²) < 4.78 is 1.84. The summed E-state index contributed by atoms with van der Waals surface area (Å²) in [4.78, 5) is 2.57. The van der Waals surface area contributed by atoms with Crippen molar-refractivity contribution in [2.45, 2.75) is 20.8 Å². The van der Waals surface area contributed by atoms with Gasteiger partial charge in [-0.25, -0.2) is 0 Å². The first kappa shape index (κ1) is 14.5. The van der Waals surface area contributed by atoms with Gasteiger partial charge in [-0.05, 0) is 38.5 Å². The Morgan fingerprint density at radius 1 is 1.40 bits per heavy atom. The van der Waals surface area contributed by atoms with E-state index in [-0.39, 0.29) is 0 Å². The molecule has 2 rings (SSSR count). The van der Waals surface area contributed by atoms with Gasteiger partial charge in [-0.3, -0.25) is 4.68 Å². The number of thiocarbonyl (C=S) groups is 1. The molecule has 0 saturated heterocycles. The molecule has 20 heavy (non-hydrogen) atoms. The third-order valence-electron chi connectivity index (χ3n) is 3.32. The fourth-order valence-electron chi connectivity index (χ4n) is 2.49. The maximum Gasteiger partial charge on any atom is 0.141 e. The summed E-state index contributed by atoms with van der Waals surface area (Å²) in [5.74, 6) is 0.947. The van der Waals surface area contributed by atoms with Gasteiger partial charge in [-0.1, -0.05) is 24.4 Å². The Bertz CT molecular complexity index is 645. The van der Waals surface area contributed by atoms with E-state index in [2.05, 4.69) is 48.1 Å². The molecule has 0 fully saturated rings. The van der Waals surface area contributed by atoms with E-state index in [1.54, 1.807) is 0 Å². The summed E-state index contributed by atoms with van der Waals surface area (Å²) in [5, 5.41) is 4.46. The topological polar surface area (TPSA) is 47.1 Å². The molecule has 0 spiro atoms. The number of hydrogen-bond acceptors (Lipinski definition) is 3. The quantitative estimate of drug-likeness (QED) is 0.879. The van der Waals surface area contributed by atoms with Gasteiger partial charge in [0, 0.05) is 19.3 Å². The highest BCUT2D eigenvalue weighted by Crippen LogP contribution is 2.30. The molecule has 4 nitrogen and oxygen atoms in total. The van der Waals surface area contributed by atoms with E-state index < -0.39 is 0 Å². The molecular formula is C15H20N4S. The predicted octanol–water partition coefficient (Wildman–Crippen LogP) is 2.83. The van der Waals surface area contributed by atoms with Crippen molar-refractivity contribution in [3.63, 3.8) is 0 Å². The molecule has 1 aromatic heterocycles. The number of aromatic nitrogens is 2. The first-order valence-corrected chi connectivity index (χ1v) is 7.04. The van der Waals surface area contributed by atoms with Crippen LogP contribution in [0.4, 0.5) is 11.5 Å². The second kappa shape index (κ2) is 5.63. The van der Waals surface area contributed by atoms with Crippen molar-refractivity contribution in [2.24, 2.45) is 12.8 Å². The van der Waals surface area contributed by atoms with Gasteiger partial charge in [0.25, 0.3) is 0 Å². The van der Waals surface area contributed by atoms with Crippen LogP contribution >= 0.6 is 12.2 Å². The van der Waals surface area contributed by atoms with Crippen molar-refractivity contribution in [1.82, 2.24) is 9.78 Å². The maximum atomic E-state index is 5.88. The zero-order chi connectivity index (χ0) is 14.9. The molecule has 0 bridgehead atoms. The van der Waals surface area contributed by atoms with Crippen LogP contribution in [0.3, 0.4) is 0 Å². The van der Waals surface area contributed by atoms with Crippen molar-refractivity contribution < 1.29 is 0 Å². The van der Waals surface area contributed by atoms with E-state index in [1.165, 1.54) is 5.56 Å². The number of rotatable bonds is 4. The molecule has 0 unspecified atom stereocenters. The zero-order valence-corrected chi connectivity index (χ0v) is 13.2. The number of hydrogen-bond donors (Lipinski definition) is 1. The zero-order valence-electron chi connectivity index (χ0n) is 12.3. The van der Waals surface area contributed by atoms with E-state index in [4.69, 9.17) is 18.0 Å². The highest BCUT2D eigenvalue weighted by molar-refractivity contribution is 7.80. The fraction of sp³-hybridized carbons (Fsp3) is 0.333. The maximum absolute atomic E-state index is 5.88. The average Bonchev–Trinajstić information content (AvgIpc) is 2.66. The minimum absolute atomic E-state index is 0.386. The molecular weight excluding hydrogens is 268 g/mol. The van der Waals surface area contributed by atoms with E-state index >= 15 is 0 Å². The summed E-state index contributed by atoms with van der Waals surface area (Å²) in [6, 6.07) is 8.37. The Balaban J connectivity index is 2.61. The molecule has 0 aliphatic heterocycles. The van der Waals surface area contributed by atoms with E-state index in [1.807, 2.05) is 18.7 Å². The normalized spacial score (nSPS) is 10.6. The number of nitrogens with zero attached hydrogens (tertiary/aromatic N) is 3. The van der Waals surface area contributed by atoms with E-state index in [9.17, 15) is 0 Å². The standard InChI is InChI=1S/C15H20N4S/c1-5-19(12-8-6-7-10(2)9-12)15-13(14(16)20)11(3)17-18(15)4/h6-9H,5H2,1-4H3,(H2,16,20). The fourth-order valence-corrected chi connectivity index (χ4v) is 2.73. The smallest absolute Gasteiger partial charge is 0.141 e. The molecule has 2 N–H and O–H groups in total. The van der Waals surface area contributed by atoms with Crippen molar-refractivity contribution in [1.29, 1.82) is 0 Å². The van der Waals surface area contributed by atoms with Crippen LogP contribution in [0.5, 0.6) is 0 Å². The largest absolute Gasteiger partial charge is 0.389 e. The lowest BCUT2D eigenvalue weighted by Crippen LogP contribution is -2.23. The number of nitrogens with two attached hydrogens (primary N) is 1. The summed E-state index contributed by atoms with van der Waals surface area (Å²) >= 11 is 5.19. The molecule has 1 aromatic carbocycles. The van der Waals surface area contributed by atoms with Crippen LogP contribution in [-0.2, 0) is 7.05 Å². The Kier molecular flexibility index (Phi) is 4.09. The van der Waals surface area contributed by atoms with Crippen molar-refractivity contribution in [3.05, 3.63) is 41.1 Å². The molecule has 0 amide bonds. The number of aryl methyl sites for hydroxylation is 3. The SMILES string of the molecule is CCN(c1cccc(C)c1)c1c(C(N)=S)c(C)nn1C. The average molecular weight is 288 g/mol. The van der Waals surface area contributed by atoms with Crippen LogP contribution in [0.25, 0.3) is 0 Å². The van der Waals surface area contributed by atoms with Crippen LogP contribution in [-0.4, -0.2) is 21.3 Å². The predicted molar refractivity (Wildman–Crippen MR) is 87.7 cm³/mol. The molecule has 0 aliphatic carbocycles. The van der Waals surface area contributed by atoms with Gasteiger partial charge in [-0.2, -0.15) is 5.10 Å². The lowest BCUT2D eigenvalue weighted by Gasteiger charge is -2.24. The minimum atomic E-state index is 0.386. The second-order valence-electron chi connectivity index (χ2n) is 4.86. The Labute approximate surface area is 125 Å². The molecule has 0 atom stereocenters. The molecule has 106 valence electrons. The lowest BCUT2D eigenvalue weighted by molar-refractivity contribution is 0.742. The molecule has 5 heteroatoms. The van der Waals surface area contributed by atoms with Crippen LogP contribution in [0.15, 0.2) is 24.3 Å². The van der Waals surface area contributed by atoms with Gasteiger partial charge >= 0.3 is 0 Å². The van der Waals surface area contributed by atoms with Gasteiger partial charge in [-0.15, -0.1) is 0 Å². The summed E-state index contributed by atoms with van der Waals surface area (Å²) in [6.45, 7) is 6.94. The van der Waals surface area contributed by atoms with Crippen molar-refractivity contribution >= 4 is 28.7 Å².